The molecule has 0 fully saturated rings. The number of hydrogen-bond acceptors (Lipinski definition) is 4. The van der Waals surface area contributed by atoms with Crippen molar-refractivity contribution in [2.24, 2.45) is 0 Å². The second kappa shape index (κ2) is 6.29. The Morgan fingerprint density at radius 2 is 2.22 bits per heavy atom. The number of hydrogen-bond donors (Lipinski definition) is 1. The van der Waals surface area contributed by atoms with Gasteiger partial charge in [0.25, 0.3) is 0 Å². The van der Waals surface area contributed by atoms with E-state index in [0.717, 1.165) is 41.2 Å². The van der Waals surface area contributed by atoms with Gasteiger partial charge in [0.05, 0.1) is 10.2 Å². The normalized spacial score (nSPS) is 10.6. The zero-order chi connectivity index (χ0) is 13.0. The Hall–Kier alpha value is -0.940. The van der Waals surface area contributed by atoms with Crippen LogP contribution in [0.2, 0.25) is 0 Å². The first-order valence-electron chi connectivity index (χ1n) is 6.00. The van der Waals surface area contributed by atoms with Crippen molar-refractivity contribution >= 4 is 33.1 Å². The Morgan fingerprint density at radius 3 is 2.89 bits per heavy atom. The summed E-state index contributed by atoms with van der Waals surface area (Å²) in [5, 5.41) is 5.41. The Labute approximate surface area is 120 Å². The minimum Gasteiger partial charge on any atom is -0.369 e. The van der Waals surface area contributed by atoms with E-state index < -0.39 is 0 Å². The van der Waals surface area contributed by atoms with Gasteiger partial charge in [-0.2, -0.15) is 0 Å². The Morgan fingerprint density at radius 1 is 1.39 bits per heavy atom. The van der Waals surface area contributed by atoms with Gasteiger partial charge in [0.2, 0.25) is 0 Å². The molecule has 2 rings (SSSR count). The van der Waals surface area contributed by atoms with Gasteiger partial charge in [0.15, 0.2) is 0 Å². The minimum absolute atomic E-state index is 0.798. The highest BCUT2D eigenvalue weighted by Gasteiger charge is 2.09. The summed E-state index contributed by atoms with van der Waals surface area (Å²) in [5.74, 6) is 1.77. The molecule has 0 aliphatic carbocycles. The summed E-state index contributed by atoms with van der Waals surface area (Å²) in [5.41, 5.74) is 0.982. The predicted molar refractivity (Wildman–Crippen MR) is 80.4 cm³/mol. The van der Waals surface area contributed by atoms with Crippen LogP contribution in [0.1, 0.15) is 29.7 Å². The monoisotopic (exact) mass is 325 g/mol. The summed E-state index contributed by atoms with van der Waals surface area (Å²) >= 11 is 5.28. The molecule has 0 aromatic carbocycles. The van der Waals surface area contributed by atoms with Crippen LogP contribution in [0.15, 0.2) is 22.0 Å². The van der Waals surface area contributed by atoms with Gasteiger partial charge in [-0.15, -0.1) is 11.3 Å². The lowest BCUT2D eigenvalue weighted by atomic mass is 10.3. The Balaban J connectivity index is 2.23. The fourth-order valence-electron chi connectivity index (χ4n) is 1.63. The van der Waals surface area contributed by atoms with Gasteiger partial charge in [-0.25, -0.2) is 9.97 Å². The number of halogens is 1. The van der Waals surface area contributed by atoms with Crippen LogP contribution >= 0.6 is 27.3 Å². The molecule has 3 nitrogen and oxygen atoms in total. The van der Waals surface area contributed by atoms with Crippen molar-refractivity contribution < 1.29 is 0 Å². The van der Waals surface area contributed by atoms with E-state index in [1.54, 1.807) is 11.3 Å². The van der Waals surface area contributed by atoms with Crippen LogP contribution in [0.5, 0.6) is 0 Å². The molecule has 0 aliphatic rings. The molecular weight excluding hydrogens is 310 g/mol. The van der Waals surface area contributed by atoms with Gasteiger partial charge in [0, 0.05) is 17.8 Å². The van der Waals surface area contributed by atoms with Crippen LogP contribution in [-0.4, -0.2) is 16.5 Å². The molecule has 0 atom stereocenters. The Kier molecular flexibility index (Phi) is 4.72. The molecule has 2 heterocycles. The first-order valence-corrected chi connectivity index (χ1v) is 7.67. The van der Waals surface area contributed by atoms with Crippen LogP contribution in [0, 0.1) is 6.92 Å². The second-order valence-electron chi connectivity index (χ2n) is 4.07. The number of anilines is 1. The van der Waals surface area contributed by atoms with Crippen LogP contribution in [0.25, 0.3) is 0 Å². The average Bonchev–Trinajstić information content (AvgIpc) is 2.84. The zero-order valence-corrected chi connectivity index (χ0v) is 12.9. The highest BCUT2D eigenvalue weighted by Crippen LogP contribution is 2.24. The van der Waals surface area contributed by atoms with Crippen molar-refractivity contribution in [3.05, 3.63) is 38.4 Å². The molecular formula is C13H16BrN3S. The summed E-state index contributed by atoms with van der Waals surface area (Å²) in [6, 6.07) is 4.17. The number of nitrogens with zero attached hydrogens (tertiary/aromatic N) is 2. The van der Waals surface area contributed by atoms with E-state index in [9.17, 15) is 0 Å². The zero-order valence-electron chi connectivity index (χ0n) is 10.5. The van der Waals surface area contributed by atoms with E-state index in [1.165, 1.54) is 4.88 Å². The van der Waals surface area contributed by atoms with E-state index in [2.05, 4.69) is 55.7 Å². The van der Waals surface area contributed by atoms with Gasteiger partial charge in [-0.05, 0) is 40.7 Å². The maximum atomic E-state index is 4.58. The molecule has 2 aromatic rings. The van der Waals surface area contributed by atoms with Crippen LogP contribution < -0.4 is 5.32 Å². The van der Waals surface area contributed by atoms with Crippen molar-refractivity contribution in [2.45, 2.75) is 26.7 Å². The first kappa shape index (κ1) is 13.5. The van der Waals surface area contributed by atoms with E-state index in [1.807, 2.05) is 6.92 Å². The smallest absolute Gasteiger partial charge is 0.144 e. The fraction of sp³-hybridized carbons (Fsp3) is 0.385. The standard InChI is InChI=1S/C13H16BrN3S/c1-3-6-15-13-12(14)9(2)16-11(17-13)8-10-5-4-7-18-10/h4-5,7H,3,6,8H2,1-2H3,(H,15,16,17). The molecule has 0 saturated carbocycles. The topological polar surface area (TPSA) is 37.8 Å². The number of aromatic nitrogens is 2. The molecule has 0 unspecified atom stereocenters. The summed E-state index contributed by atoms with van der Waals surface area (Å²) in [4.78, 5) is 10.4. The van der Waals surface area contributed by atoms with Gasteiger partial charge in [-0.1, -0.05) is 13.0 Å². The van der Waals surface area contributed by atoms with Gasteiger partial charge in [-0.3, -0.25) is 0 Å². The van der Waals surface area contributed by atoms with E-state index >= 15 is 0 Å². The lowest BCUT2D eigenvalue weighted by molar-refractivity contribution is 0.915. The molecule has 0 amide bonds. The Bertz CT molecular complexity index is 511. The minimum atomic E-state index is 0.798. The summed E-state index contributed by atoms with van der Waals surface area (Å²) in [6.07, 6.45) is 1.88. The second-order valence-corrected chi connectivity index (χ2v) is 5.90. The van der Waals surface area contributed by atoms with E-state index in [-0.39, 0.29) is 0 Å². The van der Waals surface area contributed by atoms with Gasteiger partial charge >= 0.3 is 0 Å². The third-order valence-electron chi connectivity index (χ3n) is 2.52. The van der Waals surface area contributed by atoms with Crippen LogP contribution in [0.4, 0.5) is 5.82 Å². The maximum Gasteiger partial charge on any atom is 0.144 e. The summed E-state index contributed by atoms with van der Waals surface area (Å²) < 4.78 is 0.964. The number of nitrogens with one attached hydrogen (secondary N) is 1. The van der Waals surface area contributed by atoms with Crippen LogP contribution in [0.3, 0.4) is 0 Å². The van der Waals surface area contributed by atoms with E-state index in [4.69, 9.17) is 0 Å². The molecule has 18 heavy (non-hydrogen) atoms. The maximum absolute atomic E-state index is 4.58. The third kappa shape index (κ3) is 3.29. The van der Waals surface area contributed by atoms with Crippen molar-refractivity contribution in [1.82, 2.24) is 9.97 Å². The lowest BCUT2D eigenvalue weighted by Crippen LogP contribution is -2.07. The third-order valence-corrected chi connectivity index (χ3v) is 4.34. The molecule has 1 N–H and O–H groups in total. The molecule has 0 radical (unpaired) electrons. The molecule has 96 valence electrons. The highest BCUT2D eigenvalue weighted by molar-refractivity contribution is 9.10. The molecule has 2 aromatic heterocycles. The molecule has 0 saturated heterocycles. The number of aryl methyl sites for hydroxylation is 1. The lowest BCUT2D eigenvalue weighted by Gasteiger charge is -2.10. The number of thiophene rings is 1. The van der Waals surface area contributed by atoms with Gasteiger partial charge < -0.3 is 5.32 Å². The van der Waals surface area contributed by atoms with Crippen molar-refractivity contribution in [3.8, 4) is 0 Å². The predicted octanol–water partition coefficient (Wildman–Crippen LogP) is 4.02. The van der Waals surface area contributed by atoms with Crippen molar-refractivity contribution in [3.63, 3.8) is 0 Å². The largest absolute Gasteiger partial charge is 0.369 e. The molecule has 5 heteroatoms. The summed E-state index contributed by atoms with van der Waals surface area (Å²) in [6.45, 7) is 5.07. The first-order chi connectivity index (χ1) is 8.70. The fourth-order valence-corrected chi connectivity index (χ4v) is 2.64. The quantitative estimate of drug-likeness (QED) is 0.902. The molecule has 0 aliphatic heterocycles. The van der Waals surface area contributed by atoms with E-state index in [0.29, 0.717) is 0 Å². The number of rotatable bonds is 5. The SMILES string of the molecule is CCCNc1nc(Cc2cccs2)nc(C)c1Br. The molecule has 0 spiro atoms. The van der Waals surface area contributed by atoms with Crippen molar-refractivity contribution in [2.75, 3.05) is 11.9 Å². The average molecular weight is 326 g/mol. The van der Waals surface area contributed by atoms with Gasteiger partial charge in [0.1, 0.15) is 11.6 Å². The molecule has 0 bridgehead atoms. The highest BCUT2D eigenvalue weighted by atomic mass is 79.9. The summed E-state index contributed by atoms with van der Waals surface area (Å²) in [7, 11) is 0. The van der Waals surface area contributed by atoms with Crippen LogP contribution in [-0.2, 0) is 6.42 Å². The van der Waals surface area contributed by atoms with Crippen molar-refractivity contribution in [1.29, 1.82) is 0 Å².